The highest BCUT2D eigenvalue weighted by atomic mass is 16.4. The third-order valence-corrected chi connectivity index (χ3v) is 3.33. The zero-order valence-electron chi connectivity index (χ0n) is 11.9. The smallest absolute Gasteiger partial charge is 0.335 e. The van der Waals surface area contributed by atoms with Crippen LogP contribution in [0.2, 0.25) is 0 Å². The number of anilines is 1. The molecular formula is C16H20N2O2. The van der Waals surface area contributed by atoms with Crippen LogP contribution >= 0.6 is 0 Å². The van der Waals surface area contributed by atoms with E-state index >= 15 is 0 Å². The summed E-state index contributed by atoms with van der Waals surface area (Å²) in [7, 11) is 0. The highest BCUT2D eigenvalue weighted by molar-refractivity contribution is 5.89. The van der Waals surface area contributed by atoms with Gasteiger partial charge in [0.15, 0.2) is 0 Å². The molecule has 0 atom stereocenters. The van der Waals surface area contributed by atoms with Crippen LogP contribution in [0, 0.1) is 6.92 Å². The molecule has 1 aromatic heterocycles. The zero-order chi connectivity index (χ0) is 14.5. The molecule has 0 spiro atoms. The van der Waals surface area contributed by atoms with Crippen LogP contribution in [-0.2, 0) is 13.1 Å². The summed E-state index contributed by atoms with van der Waals surface area (Å²) in [6.45, 7) is 5.81. The van der Waals surface area contributed by atoms with E-state index in [4.69, 9.17) is 5.11 Å². The van der Waals surface area contributed by atoms with E-state index < -0.39 is 5.97 Å². The van der Waals surface area contributed by atoms with E-state index in [1.165, 1.54) is 5.69 Å². The molecule has 0 fully saturated rings. The van der Waals surface area contributed by atoms with E-state index in [0.717, 1.165) is 24.2 Å². The summed E-state index contributed by atoms with van der Waals surface area (Å²) in [5.41, 5.74) is 3.42. The molecule has 1 heterocycles. The van der Waals surface area contributed by atoms with Crippen LogP contribution in [0.3, 0.4) is 0 Å². The minimum Gasteiger partial charge on any atom is -0.478 e. The topological polar surface area (TPSA) is 54.3 Å². The highest BCUT2D eigenvalue weighted by Crippen LogP contribution is 2.18. The van der Waals surface area contributed by atoms with Crippen molar-refractivity contribution in [3.05, 3.63) is 53.3 Å². The largest absolute Gasteiger partial charge is 0.478 e. The van der Waals surface area contributed by atoms with Crippen molar-refractivity contribution in [3.8, 4) is 0 Å². The highest BCUT2D eigenvalue weighted by Gasteiger charge is 2.07. The van der Waals surface area contributed by atoms with Crippen LogP contribution in [0.15, 0.2) is 36.5 Å². The first-order valence-electron chi connectivity index (χ1n) is 6.83. The minimum absolute atomic E-state index is 0.307. The summed E-state index contributed by atoms with van der Waals surface area (Å²) in [4.78, 5) is 11.0. The molecular weight excluding hydrogens is 252 g/mol. The molecule has 0 bridgehead atoms. The second-order valence-corrected chi connectivity index (χ2v) is 4.88. The van der Waals surface area contributed by atoms with Gasteiger partial charge in [0.2, 0.25) is 0 Å². The molecule has 4 nitrogen and oxygen atoms in total. The van der Waals surface area contributed by atoms with E-state index in [2.05, 4.69) is 29.1 Å². The Morgan fingerprint density at radius 1 is 1.35 bits per heavy atom. The van der Waals surface area contributed by atoms with Crippen LogP contribution in [0.1, 0.15) is 35.0 Å². The van der Waals surface area contributed by atoms with Gasteiger partial charge in [-0.3, -0.25) is 0 Å². The third-order valence-electron chi connectivity index (χ3n) is 3.33. The number of carboxylic acid groups (broad SMARTS) is 1. The quantitative estimate of drug-likeness (QED) is 0.846. The molecule has 2 aromatic rings. The van der Waals surface area contributed by atoms with Crippen molar-refractivity contribution >= 4 is 11.7 Å². The van der Waals surface area contributed by atoms with Gasteiger partial charge in [-0.05, 0) is 43.2 Å². The molecule has 0 unspecified atom stereocenters. The molecule has 2 N–H and O–H groups in total. The van der Waals surface area contributed by atoms with Gasteiger partial charge in [0.1, 0.15) is 0 Å². The fourth-order valence-electron chi connectivity index (χ4n) is 2.20. The van der Waals surface area contributed by atoms with Gasteiger partial charge in [-0.25, -0.2) is 4.79 Å². The van der Waals surface area contributed by atoms with Crippen molar-refractivity contribution in [2.24, 2.45) is 0 Å². The maximum absolute atomic E-state index is 11.0. The lowest BCUT2D eigenvalue weighted by Crippen LogP contribution is -2.08. The Kier molecular flexibility index (Phi) is 4.45. The maximum Gasteiger partial charge on any atom is 0.335 e. The number of nitrogens with zero attached hydrogens (tertiary/aromatic N) is 1. The van der Waals surface area contributed by atoms with E-state index in [1.807, 2.05) is 19.1 Å². The monoisotopic (exact) mass is 272 g/mol. The lowest BCUT2D eigenvalue weighted by Gasteiger charge is -2.12. The summed E-state index contributed by atoms with van der Waals surface area (Å²) in [5, 5.41) is 12.4. The van der Waals surface area contributed by atoms with Gasteiger partial charge in [-0.2, -0.15) is 0 Å². The second kappa shape index (κ2) is 6.28. The number of aromatic carboxylic acids is 1. The van der Waals surface area contributed by atoms with Crippen molar-refractivity contribution in [1.82, 2.24) is 4.57 Å². The van der Waals surface area contributed by atoms with Crippen molar-refractivity contribution in [3.63, 3.8) is 0 Å². The van der Waals surface area contributed by atoms with Gasteiger partial charge in [0, 0.05) is 24.1 Å². The number of aromatic nitrogens is 1. The van der Waals surface area contributed by atoms with Crippen molar-refractivity contribution < 1.29 is 9.90 Å². The number of hydrogen-bond acceptors (Lipinski definition) is 2. The normalized spacial score (nSPS) is 10.5. The van der Waals surface area contributed by atoms with Crippen LogP contribution in [0.25, 0.3) is 0 Å². The van der Waals surface area contributed by atoms with Gasteiger partial charge >= 0.3 is 5.97 Å². The Morgan fingerprint density at radius 3 is 2.85 bits per heavy atom. The Bertz CT molecular complexity index is 602. The molecule has 0 saturated carbocycles. The number of rotatable bonds is 6. The number of carboxylic acids is 1. The van der Waals surface area contributed by atoms with Gasteiger partial charge in [-0.1, -0.05) is 13.0 Å². The predicted molar refractivity (Wildman–Crippen MR) is 80.2 cm³/mol. The molecule has 106 valence electrons. The van der Waals surface area contributed by atoms with E-state index in [1.54, 1.807) is 12.1 Å². The first kappa shape index (κ1) is 14.2. The molecule has 4 heteroatoms. The lowest BCUT2D eigenvalue weighted by atomic mass is 10.1. The van der Waals surface area contributed by atoms with Gasteiger partial charge in [-0.15, -0.1) is 0 Å². The summed E-state index contributed by atoms with van der Waals surface area (Å²) in [6, 6.07) is 9.26. The molecule has 0 aliphatic carbocycles. The number of hydrogen-bond donors (Lipinski definition) is 2. The van der Waals surface area contributed by atoms with Crippen LogP contribution < -0.4 is 5.32 Å². The molecule has 0 amide bonds. The first-order chi connectivity index (χ1) is 9.61. The number of carbonyl (C=O) groups is 1. The lowest BCUT2D eigenvalue weighted by molar-refractivity contribution is 0.0697. The molecule has 0 aliphatic rings. The molecule has 0 aliphatic heterocycles. The maximum atomic E-state index is 11.0. The molecule has 0 saturated heterocycles. The molecule has 0 radical (unpaired) electrons. The average Bonchev–Trinajstić information content (AvgIpc) is 2.85. The number of nitrogens with one attached hydrogen (secondary N) is 1. The SMILES string of the molecule is CCCn1cccc1CNc1cc(C(=O)O)ccc1C. The van der Waals surface area contributed by atoms with Crippen LogP contribution in [0.5, 0.6) is 0 Å². The van der Waals surface area contributed by atoms with Gasteiger partial charge in [0.25, 0.3) is 0 Å². The van der Waals surface area contributed by atoms with Crippen molar-refractivity contribution in [2.75, 3.05) is 5.32 Å². The van der Waals surface area contributed by atoms with Crippen LogP contribution in [-0.4, -0.2) is 15.6 Å². The average molecular weight is 272 g/mol. The Morgan fingerprint density at radius 2 is 2.15 bits per heavy atom. The van der Waals surface area contributed by atoms with E-state index in [-0.39, 0.29) is 0 Å². The standard InChI is InChI=1S/C16H20N2O2/c1-3-8-18-9-4-5-14(18)11-17-15-10-13(16(19)20)7-6-12(15)2/h4-7,9-10,17H,3,8,11H2,1-2H3,(H,19,20). The van der Waals surface area contributed by atoms with Crippen molar-refractivity contribution in [1.29, 1.82) is 0 Å². The first-order valence-corrected chi connectivity index (χ1v) is 6.83. The summed E-state index contributed by atoms with van der Waals surface area (Å²) in [6.07, 6.45) is 3.16. The van der Waals surface area contributed by atoms with Gasteiger partial charge in [0.05, 0.1) is 12.1 Å². The van der Waals surface area contributed by atoms with E-state index in [9.17, 15) is 4.79 Å². The van der Waals surface area contributed by atoms with Gasteiger partial charge < -0.3 is 15.0 Å². The summed E-state index contributed by atoms with van der Waals surface area (Å²) in [5.74, 6) is -0.901. The number of aryl methyl sites for hydroxylation is 2. The fourth-order valence-corrected chi connectivity index (χ4v) is 2.20. The molecule has 1 aromatic carbocycles. The second-order valence-electron chi connectivity index (χ2n) is 4.88. The predicted octanol–water partition coefficient (Wildman–Crippen LogP) is 3.52. The Labute approximate surface area is 119 Å². The zero-order valence-corrected chi connectivity index (χ0v) is 11.9. The minimum atomic E-state index is -0.901. The Balaban J connectivity index is 2.12. The summed E-state index contributed by atoms with van der Waals surface area (Å²) < 4.78 is 2.21. The molecule has 20 heavy (non-hydrogen) atoms. The van der Waals surface area contributed by atoms with E-state index in [0.29, 0.717) is 12.1 Å². The molecule has 2 rings (SSSR count). The Hall–Kier alpha value is -2.23. The van der Waals surface area contributed by atoms with Crippen molar-refractivity contribution in [2.45, 2.75) is 33.4 Å². The fraction of sp³-hybridized carbons (Fsp3) is 0.312. The number of benzene rings is 1. The summed E-state index contributed by atoms with van der Waals surface area (Å²) >= 11 is 0. The third kappa shape index (κ3) is 3.20. The van der Waals surface area contributed by atoms with Crippen LogP contribution in [0.4, 0.5) is 5.69 Å².